The van der Waals surface area contributed by atoms with Crippen LogP contribution in [-0.2, 0) is 28.5 Å². The first kappa shape index (κ1) is 14.2. The molecule has 3 rings (SSSR count). The predicted molar refractivity (Wildman–Crippen MR) is 64.6 cm³/mol. The molecule has 0 unspecified atom stereocenters. The molecule has 0 saturated carbocycles. The van der Waals surface area contributed by atoms with Crippen molar-refractivity contribution in [3.63, 3.8) is 0 Å². The standard InChI is InChI=1S/C13H20O7/c1-11(2)16-5-7(18-11)8-9-13(6-14,10(15)17-8)20-12(3,4)19-9/h7-9,14H,5-6H2,1-4H3/t7-,8-,9-,13-/m1/s1. The second-order valence-corrected chi connectivity index (χ2v) is 6.33. The fraction of sp³-hybridized carbons (Fsp3) is 0.923. The lowest BCUT2D eigenvalue weighted by Gasteiger charge is -2.25. The van der Waals surface area contributed by atoms with E-state index in [9.17, 15) is 9.90 Å². The van der Waals surface area contributed by atoms with Gasteiger partial charge in [0.25, 0.3) is 0 Å². The molecule has 0 aromatic carbocycles. The quantitative estimate of drug-likeness (QED) is 0.713. The maximum atomic E-state index is 12.1. The molecule has 4 atom stereocenters. The van der Waals surface area contributed by atoms with Gasteiger partial charge in [-0.15, -0.1) is 0 Å². The summed E-state index contributed by atoms with van der Waals surface area (Å²) < 4.78 is 28.0. The Hall–Kier alpha value is -0.730. The lowest BCUT2D eigenvalue weighted by Crippen LogP contribution is -2.49. The van der Waals surface area contributed by atoms with E-state index in [-0.39, 0.29) is 0 Å². The molecule has 20 heavy (non-hydrogen) atoms. The topological polar surface area (TPSA) is 83.5 Å². The summed E-state index contributed by atoms with van der Waals surface area (Å²) in [7, 11) is 0. The van der Waals surface area contributed by atoms with E-state index in [4.69, 9.17) is 23.7 Å². The van der Waals surface area contributed by atoms with Gasteiger partial charge in [-0.1, -0.05) is 0 Å². The number of carbonyl (C=O) groups is 1. The molecular formula is C13H20O7. The summed E-state index contributed by atoms with van der Waals surface area (Å²) in [4.78, 5) is 12.1. The summed E-state index contributed by atoms with van der Waals surface area (Å²) in [5.41, 5.74) is -1.47. The SMILES string of the molecule is CC1(C)OC[C@H]([C@H]2OC(=O)[C@]3(CO)OC(C)(C)O[C@H]23)O1. The fourth-order valence-corrected chi connectivity index (χ4v) is 3.03. The molecule has 3 fully saturated rings. The van der Waals surface area contributed by atoms with E-state index in [1.54, 1.807) is 27.7 Å². The number of esters is 1. The Bertz CT molecular complexity index is 432. The molecule has 0 bridgehead atoms. The highest BCUT2D eigenvalue weighted by atomic mass is 16.8. The molecule has 3 heterocycles. The van der Waals surface area contributed by atoms with Gasteiger partial charge >= 0.3 is 5.97 Å². The van der Waals surface area contributed by atoms with E-state index in [2.05, 4.69) is 0 Å². The normalized spacial score (nSPS) is 45.5. The van der Waals surface area contributed by atoms with Crippen LogP contribution in [0.25, 0.3) is 0 Å². The molecular weight excluding hydrogens is 268 g/mol. The number of carbonyl (C=O) groups excluding carboxylic acids is 1. The highest BCUT2D eigenvalue weighted by Gasteiger charge is 2.69. The van der Waals surface area contributed by atoms with Crippen LogP contribution in [0, 0.1) is 0 Å². The largest absolute Gasteiger partial charge is 0.454 e. The Morgan fingerprint density at radius 1 is 1.20 bits per heavy atom. The third-order valence-electron chi connectivity index (χ3n) is 3.82. The lowest BCUT2D eigenvalue weighted by atomic mass is 9.95. The minimum Gasteiger partial charge on any atom is -0.454 e. The van der Waals surface area contributed by atoms with Gasteiger partial charge in [0, 0.05) is 0 Å². The minimum absolute atomic E-state index is 0.298. The first-order valence-corrected chi connectivity index (χ1v) is 6.71. The molecule has 0 spiro atoms. The van der Waals surface area contributed by atoms with Gasteiger partial charge in [-0.05, 0) is 27.7 Å². The van der Waals surface area contributed by atoms with E-state index >= 15 is 0 Å². The molecule has 0 aliphatic carbocycles. The molecule has 0 amide bonds. The van der Waals surface area contributed by atoms with Crippen molar-refractivity contribution in [2.24, 2.45) is 0 Å². The van der Waals surface area contributed by atoms with Gasteiger partial charge in [0.15, 0.2) is 17.7 Å². The first-order chi connectivity index (χ1) is 9.19. The average Bonchev–Trinajstić information content (AvgIpc) is 2.90. The van der Waals surface area contributed by atoms with Crippen molar-refractivity contribution in [1.82, 2.24) is 0 Å². The maximum Gasteiger partial charge on any atom is 0.344 e. The monoisotopic (exact) mass is 288 g/mol. The number of aliphatic hydroxyl groups excluding tert-OH is 1. The first-order valence-electron chi connectivity index (χ1n) is 6.71. The van der Waals surface area contributed by atoms with Crippen molar-refractivity contribution >= 4 is 5.97 Å². The smallest absolute Gasteiger partial charge is 0.344 e. The predicted octanol–water partition coefficient (Wildman–Crippen LogP) is -0.0541. The highest BCUT2D eigenvalue weighted by Crippen LogP contribution is 2.46. The summed E-state index contributed by atoms with van der Waals surface area (Å²) in [6.45, 7) is 6.78. The molecule has 3 saturated heterocycles. The number of aliphatic hydroxyl groups is 1. The summed E-state index contributed by atoms with van der Waals surface area (Å²) in [5, 5.41) is 9.61. The van der Waals surface area contributed by atoms with E-state index in [1.807, 2.05) is 0 Å². The van der Waals surface area contributed by atoms with Crippen LogP contribution >= 0.6 is 0 Å². The Labute approximate surface area is 117 Å². The maximum absolute atomic E-state index is 12.1. The third-order valence-corrected chi connectivity index (χ3v) is 3.82. The van der Waals surface area contributed by atoms with E-state index < -0.39 is 48.1 Å². The second kappa shape index (κ2) is 4.14. The zero-order valence-electron chi connectivity index (χ0n) is 12.0. The number of rotatable bonds is 2. The third kappa shape index (κ3) is 1.96. The van der Waals surface area contributed by atoms with Gasteiger partial charge in [0.05, 0.1) is 13.2 Å². The number of hydrogen-bond donors (Lipinski definition) is 1. The summed E-state index contributed by atoms with van der Waals surface area (Å²) in [5.74, 6) is -2.30. The van der Waals surface area contributed by atoms with Crippen molar-refractivity contribution in [2.75, 3.05) is 13.2 Å². The van der Waals surface area contributed by atoms with E-state index in [1.165, 1.54) is 0 Å². The van der Waals surface area contributed by atoms with Crippen molar-refractivity contribution < 1.29 is 33.6 Å². The summed E-state index contributed by atoms with van der Waals surface area (Å²) in [6, 6.07) is 0. The molecule has 1 N–H and O–H groups in total. The van der Waals surface area contributed by atoms with Crippen molar-refractivity contribution in [3.8, 4) is 0 Å². The van der Waals surface area contributed by atoms with Gasteiger partial charge in [-0.3, -0.25) is 0 Å². The van der Waals surface area contributed by atoms with E-state index in [0.717, 1.165) is 0 Å². The molecule has 7 heteroatoms. The van der Waals surface area contributed by atoms with Crippen LogP contribution in [-0.4, -0.2) is 59.8 Å². The minimum atomic E-state index is -1.47. The number of hydrogen-bond acceptors (Lipinski definition) is 7. The molecule has 0 aromatic heterocycles. The summed E-state index contributed by atoms with van der Waals surface area (Å²) in [6.07, 6.45) is -1.81. The zero-order chi connectivity index (χ0) is 14.8. The van der Waals surface area contributed by atoms with Crippen LogP contribution in [0.1, 0.15) is 27.7 Å². The van der Waals surface area contributed by atoms with Crippen LogP contribution in [0.2, 0.25) is 0 Å². The molecule has 0 radical (unpaired) electrons. The van der Waals surface area contributed by atoms with Crippen LogP contribution in [0.5, 0.6) is 0 Å². The Balaban J connectivity index is 1.87. The highest BCUT2D eigenvalue weighted by molar-refractivity contribution is 5.84. The van der Waals surface area contributed by atoms with Gasteiger partial charge in [-0.2, -0.15) is 0 Å². The van der Waals surface area contributed by atoms with Gasteiger partial charge in [-0.25, -0.2) is 4.79 Å². The molecule has 114 valence electrons. The average molecular weight is 288 g/mol. The van der Waals surface area contributed by atoms with Crippen LogP contribution in [0.3, 0.4) is 0 Å². The Kier molecular flexibility index (Phi) is 2.94. The molecule has 7 nitrogen and oxygen atoms in total. The Morgan fingerprint density at radius 3 is 2.45 bits per heavy atom. The van der Waals surface area contributed by atoms with Gasteiger partial charge < -0.3 is 28.8 Å². The van der Waals surface area contributed by atoms with Crippen molar-refractivity contribution in [1.29, 1.82) is 0 Å². The van der Waals surface area contributed by atoms with Gasteiger partial charge in [0.2, 0.25) is 5.60 Å². The van der Waals surface area contributed by atoms with Crippen LogP contribution < -0.4 is 0 Å². The number of cyclic esters (lactones) is 1. The molecule has 0 aromatic rings. The zero-order valence-corrected chi connectivity index (χ0v) is 12.0. The Morgan fingerprint density at radius 2 is 1.90 bits per heavy atom. The van der Waals surface area contributed by atoms with Crippen LogP contribution in [0.15, 0.2) is 0 Å². The van der Waals surface area contributed by atoms with Crippen molar-refractivity contribution in [3.05, 3.63) is 0 Å². The van der Waals surface area contributed by atoms with Crippen LogP contribution in [0.4, 0.5) is 0 Å². The number of fused-ring (bicyclic) bond motifs is 1. The van der Waals surface area contributed by atoms with E-state index in [0.29, 0.717) is 6.61 Å². The summed E-state index contributed by atoms with van der Waals surface area (Å²) >= 11 is 0. The fourth-order valence-electron chi connectivity index (χ4n) is 3.03. The molecule has 3 aliphatic heterocycles. The lowest BCUT2D eigenvalue weighted by molar-refractivity contribution is -0.210. The van der Waals surface area contributed by atoms with Gasteiger partial charge in [0.1, 0.15) is 12.2 Å². The second-order valence-electron chi connectivity index (χ2n) is 6.33. The van der Waals surface area contributed by atoms with Crippen molar-refractivity contribution in [2.45, 2.75) is 63.2 Å². The molecule has 3 aliphatic rings. The number of ether oxygens (including phenoxy) is 5.